The van der Waals surface area contributed by atoms with Crippen LogP contribution < -0.4 is 9.46 Å². The molecule has 0 fully saturated rings. The van der Waals surface area contributed by atoms with Crippen LogP contribution >= 0.6 is 0 Å². The molecule has 0 saturated carbocycles. The smallest absolute Gasteiger partial charge is 0.240 e. The summed E-state index contributed by atoms with van der Waals surface area (Å²) in [6.45, 7) is 5.82. The van der Waals surface area contributed by atoms with Gasteiger partial charge in [0.2, 0.25) is 10.0 Å². The lowest BCUT2D eigenvalue weighted by molar-refractivity contribution is 0.340. The number of sulfone groups is 1. The van der Waals surface area contributed by atoms with E-state index in [-0.39, 0.29) is 29.6 Å². The van der Waals surface area contributed by atoms with Gasteiger partial charge in [-0.15, -0.1) is 0 Å². The second-order valence-corrected chi connectivity index (χ2v) is 11.9. The van der Waals surface area contributed by atoms with Crippen molar-refractivity contribution in [3.8, 4) is 11.4 Å². The van der Waals surface area contributed by atoms with Crippen molar-refractivity contribution in [2.45, 2.75) is 32.1 Å². The molecule has 3 aromatic rings. The summed E-state index contributed by atoms with van der Waals surface area (Å²) in [5.74, 6) is 0.406. The van der Waals surface area contributed by atoms with Gasteiger partial charge in [-0.25, -0.2) is 26.2 Å². The van der Waals surface area contributed by atoms with Gasteiger partial charge < -0.3 is 4.74 Å². The first-order chi connectivity index (χ1) is 15.6. The molecular weight excluding hydrogens is 462 g/mol. The first-order valence-corrected chi connectivity index (χ1v) is 14.0. The van der Waals surface area contributed by atoms with Gasteiger partial charge in [-0.05, 0) is 68.3 Å². The molecule has 33 heavy (non-hydrogen) atoms. The summed E-state index contributed by atoms with van der Waals surface area (Å²) in [7, 11) is -6.77. The van der Waals surface area contributed by atoms with Gasteiger partial charge >= 0.3 is 0 Å². The second-order valence-electron chi connectivity index (χ2n) is 7.71. The molecular formula is C23H29N3O5S2. The third-order valence-corrected chi connectivity index (χ3v) is 8.28. The molecule has 0 aliphatic carbocycles. The molecule has 8 nitrogen and oxygen atoms in total. The van der Waals surface area contributed by atoms with Gasteiger partial charge in [-0.1, -0.05) is 19.1 Å². The summed E-state index contributed by atoms with van der Waals surface area (Å²) in [6.07, 6.45) is 0.545. The van der Waals surface area contributed by atoms with Crippen LogP contribution in [0.3, 0.4) is 0 Å². The van der Waals surface area contributed by atoms with Gasteiger partial charge in [0.15, 0.2) is 9.84 Å². The largest absolute Gasteiger partial charge is 0.493 e. The van der Waals surface area contributed by atoms with Crippen LogP contribution in [0.5, 0.6) is 5.75 Å². The number of aromatic nitrogens is 2. The van der Waals surface area contributed by atoms with E-state index in [2.05, 4.69) is 9.82 Å². The standard InChI is InChI=1S/C23H29N3O5S2/c1-4-32(27,28)16-15-31-22-9-11-23(12-10-22)33(29,30)24-14-13-20-5-7-21(8-6-20)26-19(3)17-18(2)25-26/h5-12,17,24H,4,13-16H2,1-3H3. The van der Waals surface area contributed by atoms with Crippen molar-refractivity contribution >= 4 is 19.9 Å². The number of nitrogens with zero attached hydrogens (tertiary/aromatic N) is 2. The van der Waals surface area contributed by atoms with Crippen LogP contribution in [0.2, 0.25) is 0 Å². The SMILES string of the molecule is CCS(=O)(=O)CCOc1ccc(S(=O)(=O)NCCc2ccc(-n3nc(C)cc3C)cc2)cc1. The fourth-order valence-corrected chi connectivity index (χ4v) is 4.91. The van der Waals surface area contributed by atoms with Gasteiger partial charge in [0, 0.05) is 18.0 Å². The fourth-order valence-electron chi connectivity index (χ4n) is 3.25. The van der Waals surface area contributed by atoms with E-state index in [4.69, 9.17) is 4.74 Å². The molecule has 0 spiro atoms. The minimum absolute atomic E-state index is 0.0267. The van der Waals surface area contributed by atoms with Gasteiger partial charge in [-0.2, -0.15) is 5.10 Å². The Morgan fingerprint density at radius 2 is 1.64 bits per heavy atom. The number of hydrogen-bond donors (Lipinski definition) is 1. The van der Waals surface area contributed by atoms with Crippen molar-refractivity contribution in [2.24, 2.45) is 0 Å². The van der Waals surface area contributed by atoms with E-state index in [9.17, 15) is 16.8 Å². The monoisotopic (exact) mass is 491 g/mol. The Morgan fingerprint density at radius 1 is 0.970 bits per heavy atom. The number of ether oxygens (including phenoxy) is 1. The number of nitrogens with one attached hydrogen (secondary N) is 1. The lowest BCUT2D eigenvalue weighted by atomic mass is 10.1. The zero-order valence-corrected chi connectivity index (χ0v) is 20.6. The minimum Gasteiger partial charge on any atom is -0.493 e. The Bertz CT molecular complexity index is 1280. The molecule has 0 aliphatic heterocycles. The van der Waals surface area contributed by atoms with Gasteiger partial charge in [-0.3, -0.25) is 0 Å². The third kappa shape index (κ3) is 6.89. The van der Waals surface area contributed by atoms with E-state index in [1.807, 2.05) is 48.9 Å². The van der Waals surface area contributed by atoms with Crippen LogP contribution in [0.25, 0.3) is 5.69 Å². The molecule has 3 rings (SSSR count). The van der Waals surface area contributed by atoms with Crippen molar-refractivity contribution in [1.29, 1.82) is 0 Å². The Morgan fingerprint density at radius 3 is 2.21 bits per heavy atom. The maximum absolute atomic E-state index is 12.6. The molecule has 10 heteroatoms. The summed E-state index contributed by atoms with van der Waals surface area (Å²) in [6, 6.07) is 15.8. The number of sulfonamides is 1. The predicted molar refractivity (Wildman–Crippen MR) is 128 cm³/mol. The Balaban J connectivity index is 1.52. The first-order valence-electron chi connectivity index (χ1n) is 10.7. The third-order valence-electron chi connectivity index (χ3n) is 5.13. The highest BCUT2D eigenvalue weighted by molar-refractivity contribution is 7.91. The van der Waals surface area contributed by atoms with Crippen LogP contribution in [-0.2, 0) is 26.3 Å². The van der Waals surface area contributed by atoms with Crippen molar-refractivity contribution < 1.29 is 21.6 Å². The zero-order chi connectivity index (χ0) is 24.1. The number of hydrogen-bond acceptors (Lipinski definition) is 6. The van der Waals surface area contributed by atoms with Crippen molar-refractivity contribution in [2.75, 3.05) is 24.7 Å². The predicted octanol–water partition coefficient (Wildman–Crippen LogP) is 2.82. The minimum atomic E-state index is -3.66. The fraction of sp³-hybridized carbons (Fsp3) is 0.348. The van der Waals surface area contributed by atoms with E-state index < -0.39 is 19.9 Å². The second kappa shape index (κ2) is 10.5. The highest BCUT2D eigenvalue weighted by Crippen LogP contribution is 2.17. The average molecular weight is 492 g/mol. The maximum atomic E-state index is 12.6. The molecule has 0 radical (unpaired) electrons. The highest BCUT2D eigenvalue weighted by atomic mass is 32.2. The average Bonchev–Trinajstić information content (AvgIpc) is 3.12. The summed E-state index contributed by atoms with van der Waals surface area (Å²) in [5, 5.41) is 4.46. The summed E-state index contributed by atoms with van der Waals surface area (Å²) in [4.78, 5) is 0.121. The van der Waals surface area contributed by atoms with Crippen LogP contribution in [0.15, 0.2) is 59.5 Å². The van der Waals surface area contributed by atoms with Crippen LogP contribution in [0, 0.1) is 13.8 Å². The topological polar surface area (TPSA) is 107 Å². The van der Waals surface area contributed by atoms with Crippen LogP contribution in [-0.4, -0.2) is 51.3 Å². The quantitative estimate of drug-likeness (QED) is 0.442. The van der Waals surface area contributed by atoms with E-state index in [1.165, 1.54) is 24.3 Å². The van der Waals surface area contributed by atoms with Crippen LogP contribution in [0.4, 0.5) is 0 Å². The lowest BCUT2D eigenvalue weighted by Crippen LogP contribution is -2.26. The van der Waals surface area contributed by atoms with Gasteiger partial charge in [0.25, 0.3) is 0 Å². The summed E-state index contributed by atoms with van der Waals surface area (Å²) >= 11 is 0. The zero-order valence-electron chi connectivity index (χ0n) is 19.0. The lowest BCUT2D eigenvalue weighted by Gasteiger charge is -2.10. The molecule has 0 bridgehead atoms. The Labute approximate surface area is 195 Å². The summed E-state index contributed by atoms with van der Waals surface area (Å²) in [5.41, 5.74) is 3.97. The molecule has 1 N–H and O–H groups in total. The molecule has 0 aliphatic rings. The number of benzene rings is 2. The van der Waals surface area contributed by atoms with E-state index >= 15 is 0 Å². The molecule has 178 valence electrons. The summed E-state index contributed by atoms with van der Waals surface area (Å²) < 4.78 is 58.0. The van der Waals surface area contributed by atoms with Crippen molar-refractivity contribution in [3.05, 3.63) is 71.5 Å². The molecule has 0 unspecified atom stereocenters. The molecule has 0 atom stereocenters. The van der Waals surface area contributed by atoms with E-state index in [0.29, 0.717) is 12.2 Å². The molecule has 0 saturated heterocycles. The number of aryl methyl sites for hydroxylation is 2. The van der Waals surface area contributed by atoms with Crippen LogP contribution in [0.1, 0.15) is 23.9 Å². The molecule has 1 aromatic heterocycles. The normalized spacial score (nSPS) is 12.1. The first kappa shape index (κ1) is 24.9. The Hall–Kier alpha value is -2.69. The maximum Gasteiger partial charge on any atom is 0.240 e. The Kier molecular flexibility index (Phi) is 7.93. The number of rotatable bonds is 11. The molecule has 2 aromatic carbocycles. The molecule has 1 heterocycles. The van der Waals surface area contributed by atoms with Gasteiger partial charge in [0.1, 0.15) is 12.4 Å². The van der Waals surface area contributed by atoms with E-state index in [0.717, 1.165) is 22.6 Å². The molecule has 0 amide bonds. The van der Waals surface area contributed by atoms with Gasteiger partial charge in [0.05, 0.1) is 22.0 Å². The highest BCUT2D eigenvalue weighted by Gasteiger charge is 2.14. The van der Waals surface area contributed by atoms with Crippen molar-refractivity contribution in [3.63, 3.8) is 0 Å². The van der Waals surface area contributed by atoms with E-state index in [1.54, 1.807) is 6.92 Å². The van der Waals surface area contributed by atoms with Crippen molar-refractivity contribution in [1.82, 2.24) is 14.5 Å².